The van der Waals surface area contributed by atoms with E-state index >= 15 is 0 Å². The van der Waals surface area contributed by atoms with Crippen molar-refractivity contribution in [2.45, 2.75) is 12.1 Å². The number of β-amino-alcohol motifs (C(OH)–C–C–N with tert-alkyl or cyclic N) is 1. The maximum atomic E-state index is 9.92. The third kappa shape index (κ3) is 4.36. The SMILES string of the molecule is COCC(O)CN1CCSCC1c1ccc(Cl)cc1. The van der Waals surface area contributed by atoms with Gasteiger partial charge < -0.3 is 9.84 Å². The van der Waals surface area contributed by atoms with Crippen molar-refractivity contribution in [2.75, 3.05) is 38.3 Å². The molecule has 5 heteroatoms. The van der Waals surface area contributed by atoms with Crippen LogP contribution in [0.25, 0.3) is 0 Å². The Morgan fingerprint density at radius 1 is 1.47 bits per heavy atom. The van der Waals surface area contributed by atoms with E-state index in [0.29, 0.717) is 19.2 Å². The van der Waals surface area contributed by atoms with Crippen LogP contribution in [0, 0.1) is 0 Å². The van der Waals surface area contributed by atoms with Gasteiger partial charge in [0, 0.05) is 42.8 Å². The van der Waals surface area contributed by atoms with Crippen LogP contribution in [0.3, 0.4) is 0 Å². The summed E-state index contributed by atoms with van der Waals surface area (Å²) in [5.74, 6) is 2.17. The molecule has 3 nitrogen and oxygen atoms in total. The van der Waals surface area contributed by atoms with Gasteiger partial charge in [0.2, 0.25) is 0 Å². The van der Waals surface area contributed by atoms with Gasteiger partial charge in [0.15, 0.2) is 0 Å². The standard InChI is InChI=1S/C14H20ClNO2S/c1-18-9-13(17)8-16-6-7-19-10-14(16)11-2-4-12(15)5-3-11/h2-5,13-14,17H,6-10H2,1H3. The Morgan fingerprint density at radius 3 is 2.89 bits per heavy atom. The summed E-state index contributed by atoms with van der Waals surface area (Å²) < 4.78 is 5.00. The summed E-state index contributed by atoms with van der Waals surface area (Å²) in [5, 5.41) is 10.7. The first-order valence-corrected chi connectivity index (χ1v) is 7.98. The summed E-state index contributed by atoms with van der Waals surface area (Å²) in [5.41, 5.74) is 1.27. The highest BCUT2D eigenvalue weighted by Crippen LogP contribution is 2.30. The first-order chi connectivity index (χ1) is 9.20. The molecule has 0 bridgehead atoms. The Morgan fingerprint density at radius 2 is 2.21 bits per heavy atom. The highest BCUT2D eigenvalue weighted by Gasteiger charge is 2.25. The van der Waals surface area contributed by atoms with Gasteiger partial charge in [0.25, 0.3) is 0 Å². The van der Waals surface area contributed by atoms with E-state index in [1.54, 1.807) is 7.11 Å². The molecule has 1 heterocycles. The fourth-order valence-corrected chi connectivity index (χ4v) is 3.65. The van der Waals surface area contributed by atoms with Crippen molar-refractivity contribution in [2.24, 2.45) is 0 Å². The molecule has 0 aromatic heterocycles. The van der Waals surface area contributed by atoms with E-state index in [4.69, 9.17) is 16.3 Å². The summed E-state index contributed by atoms with van der Waals surface area (Å²) in [6.45, 7) is 2.04. The summed E-state index contributed by atoms with van der Waals surface area (Å²) in [7, 11) is 1.62. The number of methoxy groups -OCH3 is 1. The molecule has 19 heavy (non-hydrogen) atoms. The van der Waals surface area contributed by atoms with E-state index < -0.39 is 6.10 Å². The smallest absolute Gasteiger partial charge is 0.0900 e. The van der Waals surface area contributed by atoms with Gasteiger partial charge in [-0.2, -0.15) is 11.8 Å². The summed E-state index contributed by atoms with van der Waals surface area (Å²) in [6.07, 6.45) is -0.428. The van der Waals surface area contributed by atoms with Crippen molar-refractivity contribution in [3.8, 4) is 0 Å². The van der Waals surface area contributed by atoms with Crippen molar-refractivity contribution in [3.05, 3.63) is 34.9 Å². The zero-order valence-corrected chi connectivity index (χ0v) is 12.7. The monoisotopic (exact) mass is 301 g/mol. The molecule has 1 aromatic rings. The van der Waals surface area contributed by atoms with Crippen molar-refractivity contribution < 1.29 is 9.84 Å². The van der Waals surface area contributed by atoms with Crippen LogP contribution in [0.4, 0.5) is 0 Å². The molecule has 1 N–H and O–H groups in total. The number of hydrogen-bond donors (Lipinski definition) is 1. The number of ether oxygens (including phenoxy) is 1. The fraction of sp³-hybridized carbons (Fsp3) is 0.571. The molecule has 2 atom stereocenters. The highest BCUT2D eigenvalue weighted by molar-refractivity contribution is 7.99. The zero-order valence-electron chi connectivity index (χ0n) is 11.1. The molecular formula is C14H20ClNO2S. The van der Waals surface area contributed by atoms with Crippen molar-refractivity contribution >= 4 is 23.4 Å². The van der Waals surface area contributed by atoms with Gasteiger partial charge >= 0.3 is 0 Å². The summed E-state index contributed by atoms with van der Waals surface area (Å²) >= 11 is 7.90. The summed E-state index contributed by atoms with van der Waals surface area (Å²) in [4.78, 5) is 2.34. The van der Waals surface area contributed by atoms with Crippen molar-refractivity contribution in [1.82, 2.24) is 4.90 Å². The minimum Gasteiger partial charge on any atom is -0.389 e. The third-order valence-electron chi connectivity index (χ3n) is 3.30. The van der Waals surface area contributed by atoms with Gasteiger partial charge in [-0.05, 0) is 17.7 Å². The third-order valence-corrected chi connectivity index (χ3v) is 4.57. The van der Waals surface area contributed by atoms with Gasteiger partial charge in [-0.15, -0.1) is 0 Å². The lowest BCUT2D eigenvalue weighted by atomic mass is 10.1. The molecular weight excluding hydrogens is 282 g/mol. The quantitative estimate of drug-likeness (QED) is 0.905. The second-order valence-corrected chi connectivity index (χ2v) is 6.33. The van der Waals surface area contributed by atoms with E-state index in [1.165, 1.54) is 5.56 Å². The van der Waals surface area contributed by atoms with E-state index in [2.05, 4.69) is 17.0 Å². The first kappa shape index (κ1) is 15.1. The Labute approximate surface area is 123 Å². The minimum absolute atomic E-state index is 0.350. The predicted octanol–water partition coefficient (Wildman–Crippen LogP) is 2.44. The topological polar surface area (TPSA) is 32.7 Å². The number of halogens is 1. The van der Waals surface area contributed by atoms with Gasteiger partial charge in [0.05, 0.1) is 12.7 Å². The van der Waals surface area contributed by atoms with Crippen LogP contribution < -0.4 is 0 Å². The Bertz CT molecular complexity index is 388. The lowest BCUT2D eigenvalue weighted by molar-refractivity contribution is 0.0297. The average molecular weight is 302 g/mol. The van der Waals surface area contributed by atoms with Crippen molar-refractivity contribution in [1.29, 1.82) is 0 Å². The lowest BCUT2D eigenvalue weighted by Crippen LogP contribution is -2.42. The molecule has 0 saturated carbocycles. The Kier molecular flexibility index (Phi) is 5.98. The van der Waals surface area contributed by atoms with E-state index in [-0.39, 0.29) is 0 Å². The highest BCUT2D eigenvalue weighted by atomic mass is 35.5. The molecule has 2 unspecified atom stereocenters. The van der Waals surface area contributed by atoms with Crippen LogP contribution in [-0.4, -0.2) is 54.4 Å². The van der Waals surface area contributed by atoms with Crippen LogP contribution in [0.1, 0.15) is 11.6 Å². The second-order valence-electron chi connectivity index (χ2n) is 4.75. The largest absolute Gasteiger partial charge is 0.389 e. The van der Waals surface area contributed by atoms with Crippen LogP contribution in [0.15, 0.2) is 24.3 Å². The van der Waals surface area contributed by atoms with Crippen LogP contribution >= 0.6 is 23.4 Å². The van der Waals surface area contributed by atoms with Gasteiger partial charge in [-0.1, -0.05) is 23.7 Å². The molecule has 1 fully saturated rings. The minimum atomic E-state index is -0.428. The Balaban J connectivity index is 2.05. The maximum absolute atomic E-state index is 9.92. The number of benzene rings is 1. The van der Waals surface area contributed by atoms with Crippen LogP contribution in [0.5, 0.6) is 0 Å². The molecule has 1 aliphatic rings. The molecule has 0 spiro atoms. The average Bonchev–Trinajstić information content (AvgIpc) is 2.41. The second kappa shape index (κ2) is 7.50. The molecule has 106 valence electrons. The maximum Gasteiger partial charge on any atom is 0.0900 e. The molecule has 1 aliphatic heterocycles. The number of rotatable bonds is 5. The van der Waals surface area contributed by atoms with E-state index in [0.717, 1.165) is 23.1 Å². The lowest BCUT2D eigenvalue weighted by Gasteiger charge is -2.36. The molecule has 0 amide bonds. The number of hydrogen-bond acceptors (Lipinski definition) is 4. The van der Waals surface area contributed by atoms with E-state index in [1.807, 2.05) is 23.9 Å². The predicted molar refractivity (Wildman–Crippen MR) is 81.0 cm³/mol. The van der Waals surface area contributed by atoms with Gasteiger partial charge in [0.1, 0.15) is 0 Å². The number of aliphatic hydroxyl groups excluding tert-OH is 1. The Hall–Kier alpha value is -0.260. The summed E-state index contributed by atoms with van der Waals surface area (Å²) in [6, 6.07) is 8.37. The molecule has 0 radical (unpaired) electrons. The zero-order chi connectivity index (χ0) is 13.7. The van der Waals surface area contributed by atoms with Gasteiger partial charge in [-0.3, -0.25) is 4.90 Å². The molecule has 1 saturated heterocycles. The molecule has 1 aromatic carbocycles. The molecule has 2 rings (SSSR count). The van der Waals surface area contributed by atoms with Crippen LogP contribution in [-0.2, 0) is 4.74 Å². The fourth-order valence-electron chi connectivity index (χ4n) is 2.36. The molecule has 0 aliphatic carbocycles. The first-order valence-electron chi connectivity index (χ1n) is 6.45. The normalized spacial score (nSPS) is 22.4. The van der Waals surface area contributed by atoms with Crippen molar-refractivity contribution in [3.63, 3.8) is 0 Å². The van der Waals surface area contributed by atoms with E-state index in [9.17, 15) is 5.11 Å². The van der Waals surface area contributed by atoms with Crippen LogP contribution in [0.2, 0.25) is 5.02 Å². The van der Waals surface area contributed by atoms with Gasteiger partial charge in [-0.25, -0.2) is 0 Å². The number of nitrogens with zero attached hydrogens (tertiary/aromatic N) is 1. The number of thioether (sulfide) groups is 1. The number of aliphatic hydroxyl groups is 1.